The molecule has 1 fully saturated rings. The third-order valence-electron chi connectivity index (χ3n) is 4.88. The van der Waals surface area contributed by atoms with Crippen molar-refractivity contribution in [3.63, 3.8) is 0 Å². The zero-order valence-corrected chi connectivity index (χ0v) is 20.5. The molecule has 0 radical (unpaired) electrons. The Morgan fingerprint density at radius 3 is 2.43 bits per heavy atom. The van der Waals surface area contributed by atoms with E-state index in [9.17, 15) is 9.90 Å². The molecular weight excluding hydrogens is 552 g/mol. The maximum absolute atomic E-state index is 12.4. The Morgan fingerprint density at radius 1 is 1.18 bits per heavy atom. The third kappa shape index (κ3) is 4.69. The minimum atomic E-state index is -0.0882. The molecule has 148 valence electrons. The Labute approximate surface area is 190 Å². The Kier molecular flexibility index (Phi) is 6.37. The first-order chi connectivity index (χ1) is 13.1. The van der Waals surface area contributed by atoms with Crippen molar-refractivity contribution >= 4 is 59.9 Å². The van der Waals surface area contributed by atoms with Crippen molar-refractivity contribution in [3.8, 4) is 5.75 Å². The molecule has 0 saturated heterocycles. The molecule has 0 heterocycles. The van der Waals surface area contributed by atoms with Crippen molar-refractivity contribution in [1.29, 1.82) is 0 Å². The van der Waals surface area contributed by atoms with E-state index >= 15 is 0 Å². The number of aromatic hydroxyl groups is 1. The molecular formula is C21H21Br3N2O2. The number of nitrogens with one attached hydrogen (secondary N) is 1. The lowest BCUT2D eigenvalue weighted by atomic mass is 9.86. The lowest BCUT2D eigenvalue weighted by Gasteiger charge is -2.19. The summed E-state index contributed by atoms with van der Waals surface area (Å²) in [6.07, 6.45) is 2.34. The summed E-state index contributed by atoms with van der Waals surface area (Å²) in [4.78, 5) is 12.4. The van der Waals surface area contributed by atoms with Gasteiger partial charge in [0.2, 0.25) is 5.91 Å². The van der Waals surface area contributed by atoms with Gasteiger partial charge in [-0.2, -0.15) is 5.10 Å². The highest BCUT2D eigenvalue weighted by atomic mass is 79.9. The number of hydrogen-bond acceptors (Lipinski definition) is 3. The topological polar surface area (TPSA) is 61.7 Å². The lowest BCUT2D eigenvalue weighted by Crippen LogP contribution is -2.20. The number of halogens is 3. The first-order valence-corrected chi connectivity index (χ1v) is 11.3. The van der Waals surface area contributed by atoms with Gasteiger partial charge in [-0.15, -0.1) is 0 Å². The minimum Gasteiger partial charge on any atom is -0.506 e. The van der Waals surface area contributed by atoms with E-state index in [0.29, 0.717) is 14.5 Å². The normalized spacial score (nSPS) is 19.1. The summed E-state index contributed by atoms with van der Waals surface area (Å²) in [6.45, 7) is 6.57. The van der Waals surface area contributed by atoms with Crippen LogP contribution in [0.15, 0.2) is 48.9 Å². The zero-order valence-electron chi connectivity index (χ0n) is 15.8. The summed E-state index contributed by atoms with van der Waals surface area (Å²) in [7, 11) is 0. The quantitative estimate of drug-likeness (QED) is 0.337. The summed E-state index contributed by atoms with van der Waals surface area (Å²) in [5.41, 5.74) is 5.86. The van der Waals surface area contributed by atoms with Gasteiger partial charge in [-0.1, -0.05) is 61.0 Å². The fourth-order valence-electron chi connectivity index (χ4n) is 3.04. The van der Waals surface area contributed by atoms with E-state index < -0.39 is 0 Å². The number of nitrogens with zero attached hydrogens (tertiary/aromatic N) is 1. The second-order valence-corrected chi connectivity index (χ2v) is 10.5. The molecule has 2 aromatic carbocycles. The van der Waals surface area contributed by atoms with E-state index in [1.165, 1.54) is 17.3 Å². The van der Waals surface area contributed by atoms with Crippen molar-refractivity contribution in [2.45, 2.75) is 38.5 Å². The highest BCUT2D eigenvalue weighted by Crippen LogP contribution is 2.47. The number of benzene rings is 2. The Bertz CT molecular complexity index is 934. The molecule has 1 aliphatic rings. The maximum atomic E-state index is 12.4. The minimum absolute atomic E-state index is 0.0529. The van der Waals surface area contributed by atoms with E-state index in [2.05, 4.69) is 103 Å². The van der Waals surface area contributed by atoms with Crippen molar-refractivity contribution in [1.82, 2.24) is 5.43 Å². The monoisotopic (exact) mass is 570 g/mol. The van der Waals surface area contributed by atoms with Crippen LogP contribution in [0.2, 0.25) is 0 Å². The van der Waals surface area contributed by atoms with Crippen LogP contribution in [0.4, 0.5) is 0 Å². The second kappa shape index (κ2) is 8.28. The highest BCUT2D eigenvalue weighted by molar-refractivity contribution is 9.11. The number of hydrazone groups is 1. The number of rotatable bonds is 4. The van der Waals surface area contributed by atoms with Gasteiger partial charge in [-0.25, -0.2) is 5.43 Å². The van der Waals surface area contributed by atoms with Crippen molar-refractivity contribution in [2.75, 3.05) is 0 Å². The molecule has 28 heavy (non-hydrogen) atoms. The number of phenolic OH excluding ortho intramolecular Hbond substituents is 1. The van der Waals surface area contributed by atoms with Gasteiger partial charge < -0.3 is 5.11 Å². The third-order valence-corrected chi connectivity index (χ3v) is 6.95. The van der Waals surface area contributed by atoms with Crippen molar-refractivity contribution in [3.05, 3.63) is 60.4 Å². The number of carbonyl (C=O) groups excluding carboxylic acids is 1. The van der Waals surface area contributed by atoms with E-state index in [0.717, 1.165) is 10.9 Å². The fourth-order valence-corrected chi connectivity index (χ4v) is 5.37. The van der Waals surface area contributed by atoms with Gasteiger partial charge in [-0.05, 0) is 66.8 Å². The van der Waals surface area contributed by atoms with Gasteiger partial charge >= 0.3 is 0 Å². The van der Waals surface area contributed by atoms with Gasteiger partial charge in [0.25, 0.3) is 0 Å². The van der Waals surface area contributed by atoms with Crippen LogP contribution in [0.5, 0.6) is 5.75 Å². The van der Waals surface area contributed by atoms with Gasteiger partial charge in [0.1, 0.15) is 5.75 Å². The molecule has 0 spiro atoms. The summed E-state index contributed by atoms with van der Waals surface area (Å²) in [5, 5.41) is 14.0. The van der Waals surface area contributed by atoms with Crippen molar-refractivity contribution in [2.24, 2.45) is 11.0 Å². The van der Waals surface area contributed by atoms with Gasteiger partial charge in [0.05, 0.1) is 15.2 Å². The molecule has 0 bridgehead atoms. The number of amides is 1. The molecule has 1 amide bonds. The molecule has 0 aromatic heterocycles. The van der Waals surface area contributed by atoms with Crippen LogP contribution >= 0.6 is 47.8 Å². The van der Waals surface area contributed by atoms with Crippen LogP contribution < -0.4 is 5.43 Å². The molecule has 3 rings (SSSR count). The summed E-state index contributed by atoms with van der Waals surface area (Å²) in [5.74, 6) is 0.189. The SMILES string of the molecule is CC(C)(C)c1ccc([C@H]2C[C@H]2C(=O)N/N=C\c2c(Br)cc(Br)c(O)c2Br)cc1. The van der Waals surface area contributed by atoms with Gasteiger partial charge in [0, 0.05) is 16.0 Å². The molecule has 1 aliphatic carbocycles. The molecule has 1 saturated carbocycles. The van der Waals surface area contributed by atoms with E-state index in [1.54, 1.807) is 6.07 Å². The Morgan fingerprint density at radius 2 is 1.82 bits per heavy atom. The van der Waals surface area contributed by atoms with Crippen LogP contribution in [0.1, 0.15) is 49.8 Å². The van der Waals surface area contributed by atoms with Crippen LogP contribution in [0.3, 0.4) is 0 Å². The number of phenols is 1. The first kappa shape index (κ1) is 21.5. The van der Waals surface area contributed by atoms with Gasteiger partial charge in [-0.3, -0.25) is 4.79 Å². The zero-order chi connectivity index (χ0) is 20.6. The largest absolute Gasteiger partial charge is 0.506 e. The smallest absolute Gasteiger partial charge is 0.243 e. The molecule has 2 N–H and O–H groups in total. The maximum Gasteiger partial charge on any atom is 0.243 e. The summed E-state index contributed by atoms with van der Waals surface area (Å²) >= 11 is 10.0. The summed E-state index contributed by atoms with van der Waals surface area (Å²) in [6, 6.07) is 10.3. The second-order valence-electron chi connectivity index (χ2n) is 7.97. The molecule has 2 atom stereocenters. The van der Waals surface area contributed by atoms with Crippen LogP contribution in [0, 0.1) is 5.92 Å². The lowest BCUT2D eigenvalue weighted by molar-refractivity contribution is -0.122. The highest BCUT2D eigenvalue weighted by Gasteiger charge is 2.44. The standard InChI is InChI=1S/C21H21Br3N2O2/c1-21(2,3)12-6-4-11(5-7-12)13-8-14(13)20(28)26-25-10-15-16(22)9-17(23)19(27)18(15)24/h4-7,9-10,13-14,27H,8H2,1-3H3,(H,26,28)/b25-10-/t13-,14-/m1/s1. The Hall–Kier alpha value is -1.18. The molecule has 2 aromatic rings. The van der Waals surface area contributed by atoms with Crippen LogP contribution in [-0.4, -0.2) is 17.2 Å². The van der Waals surface area contributed by atoms with Gasteiger partial charge in [0.15, 0.2) is 0 Å². The van der Waals surface area contributed by atoms with Crippen LogP contribution in [-0.2, 0) is 10.2 Å². The van der Waals surface area contributed by atoms with Crippen LogP contribution in [0.25, 0.3) is 0 Å². The average molecular weight is 573 g/mol. The fraction of sp³-hybridized carbons (Fsp3) is 0.333. The summed E-state index contributed by atoms with van der Waals surface area (Å²) < 4.78 is 1.80. The molecule has 4 nitrogen and oxygen atoms in total. The number of carbonyl (C=O) groups is 1. The molecule has 7 heteroatoms. The van der Waals surface area contributed by atoms with E-state index in [-0.39, 0.29) is 28.9 Å². The Balaban J connectivity index is 1.62. The molecule has 0 aliphatic heterocycles. The predicted molar refractivity (Wildman–Crippen MR) is 123 cm³/mol. The molecule has 0 unspecified atom stereocenters. The first-order valence-electron chi connectivity index (χ1n) is 8.89. The number of hydrogen-bond donors (Lipinski definition) is 2. The average Bonchev–Trinajstić information content (AvgIpc) is 3.43. The predicted octanol–water partition coefficient (Wildman–Crippen LogP) is 6.23. The van der Waals surface area contributed by atoms with E-state index in [4.69, 9.17) is 0 Å². The van der Waals surface area contributed by atoms with E-state index in [1.807, 2.05) is 0 Å². The van der Waals surface area contributed by atoms with Crippen molar-refractivity contribution < 1.29 is 9.90 Å².